The lowest BCUT2D eigenvalue weighted by molar-refractivity contribution is 0.414. The zero-order valence-corrected chi connectivity index (χ0v) is 15.4. The molecule has 0 spiro atoms. The third-order valence-corrected chi connectivity index (χ3v) is 4.93. The molecular weight excluding hydrogens is 328 g/mol. The fourth-order valence-electron chi connectivity index (χ4n) is 3.52. The Morgan fingerprint density at radius 3 is 1.48 bits per heavy atom. The van der Waals surface area contributed by atoms with Crippen LogP contribution in [0.4, 0.5) is 0 Å². The van der Waals surface area contributed by atoms with Crippen LogP contribution in [0.2, 0.25) is 0 Å². The predicted octanol–water partition coefficient (Wildman–Crippen LogP) is 6.54. The van der Waals surface area contributed by atoms with Gasteiger partial charge in [0.15, 0.2) is 0 Å². The second kappa shape index (κ2) is 7.92. The van der Waals surface area contributed by atoms with E-state index in [0.29, 0.717) is 0 Å². The topological polar surface area (TPSA) is 9.23 Å². The average Bonchev–Trinajstić information content (AvgIpc) is 2.76. The molecule has 0 saturated carbocycles. The van der Waals surface area contributed by atoms with Crippen molar-refractivity contribution < 1.29 is 4.74 Å². The molecule has 0 aliphatic carbocycles. The lowest BCUT2D eigenvalue weighted by atomic mass is 9.84. The lowest BCUT2D eigenvalue weighted by Gasteiger charge is -2.19. The van der Waals surface area contributed by atoms with Crippen molar-refractivity contribution in [1.82, 2.24) is 0 Å². The maximum Gasteiger partial charge on any atom is 0.118 e. The number of rotatable bonds is 5. The molecule has 0 bridgehead atoms. The van der Waals surface area contributed by atoms with Crippen LogP contribution in [0.25, 0.3) is 11.1 Å². The number of hydrogen-bond acceptors (Lipinski definition) is 1. The molecule has 1 atom stereocenters. The van der Waals surface area contributed by atoms with Crippen molar-refractivity contribution in [2.45, 2.75) is 5.92 Å². The molecule has 0 amide bonds. The first-order chi connectivity index (χ1) is 13.3. The smallest absolute Gasteiger partial charge is 0.118 e. The van der Waals surface area contributed by atoms with E-state index >= 15 is 0 Å². The van der Waals surface area contributed by atoms with Gasteiger partial charge in [-0.05, 0) is 39.9 Å². The van der Waals surface area contributed by atoms with Crippen molar-refractivity contribution in [1.29, 1.82) is 0 Å². The summed E-state index contributed by atoms with van der Waals surface area (Å²) in [5.74, 6) is 1.08. The van der Waals surface area contributed by atoms with Crippen LogP contribution in [0, 0.1) is 0 Å². The first kappa shape index (κ1) is 17.1. The number of hydrogen-bond donors (Lipinski definition) is 0. The molecule has 27 heavy (non-hydrogen) atoms. The minimum absolute atomic E-state index is 0.196. The molecule has 132 valence electrons. The van der Waals surface area contributed by atoms with Gasteiger partial charge < -0.3 is 4.74 Å². The molecule has 0 radical (unpaired) electrons. The van der Waals surface area contributed by atoms with Crippen LogP contribution < -0.4 is 4.74 Å². The van der Waals surface area contributed by atoms with Gasteiger partial charge in [0.05, 0.1) is 7.11 Å². The zero-order valence-electron chi connectivity index (χ0n) is 15.4. The van der Waals surface area contributed by atoms with Crippen LogP contribution >= 0.6 is 0 Å². The van der Waals surface area contributed by atoms with E-state index in [1.807, 2.05) is 18.2 Å². The Bertz CT molecular complexity index is 972. The fourth-order valence-corrected chi connectivity index (χ4v) is 3.52. The summed E-state index contributed by atoms with van der Waals surface area (Å²) in [5.41, 5.74) is 6.31. The Hall–Kier alpha value is -3.32. The second-order valence-corrected chi connectivity index (χ2v) is 6.60. The van der Waals surface area contributed by atoms with Gasteiger partial charge >= 0.3 is 0 Å². The molecule has 0 saturated heterocycles. The van der Waals surface area contributed by atoms with Crippen LogP contribution in [0.5, 0.6) is 5.75 Å². The molecule has 0 aliphatic heterocycles. The largest absolute Gasteiger partial charge is 0.497 e. The van der Waals surface area contributed by atoms with Gasteiger partial charge in [-0.2, -0.15) is 0 Å². The summed E-state index contributed by atoms with van der Waals surface area (Å²) in [4.78, 5) is 0. The van der Waals surface area contributed by atoms with E-state index in [9.17, 15) is 0 Å². The summed E-state index contributed by atoms with van der Waals surface area (Å²) in [5, 5.41) is 0. The first-order valence-electron chi connectivity index (χ1n) is 9.19. The summed E-state index contributed by atoms with van der Waals surface area (Å²) in [6.45, 7) is 0. The molecule has 0 heterocycles. The van der Waals surface area contributed by atoms with Gasteiger partial charge in [0.2, 0.25) is 0 Å². The highest BCUT2D eigenvalue weighted by molar-refractivity contribution is 5.64. The van der Waals surface area contributed by atoms with Crippen molar-refractivity contribution in [3.05, 3.63) is 126 Å². The van der Waals surface area contributed by atoms with Crippen LogP contribution in [-0.2, 0) is 0 Å². The molecule has 0 aliphatic rings. The fraction of sp³-hybridized carbons (Fsp3) is 0.0769. The highest BCUT2D eigenvalue weighted by atomic mass is 16.5. The third kappa shape index (κ3) is 3.78. The van der Waals surface area contributed by atoms with E-state index in [1.54, 1.807) is 7.11 Å². The Morgan fingerprint density at radius 1 is 0.481 bits per heavy atom. The van der Waals surface area contributed by atoms with E-state index in [0.717, 1.165) is 5.75 Å². The standard InChI is InChI=1S/C26H22O/c1-27-25-18-16-24(17-19-25)26(22-10-6-3-7-11-22)23-14-12-21(13-15-23)20-8-4-2-5-9-20/h2-19,26H,1H3/t26-/m1/s1. The summed E-state index contributed by atoms with van der Waals surface area (Å²) < 4.78 is 5.33. The van der Waals surface area contributed by atoms with Crippen molar-refractivity contribution in [3.63, 3.8) is 0 Å². The van der Waals surface area contributed by atoms with Crippen molar-refractivity contribution in [2.24, 2.45) is 0 Å². The maximum absolute atomic E-state index is 5.33. The van der Waals surface area contributed by atoms with Crippen molar-refractivity contribution >= 4 is 0 Å². The van der Waals surface area contributed by atoms with Crippen LogP contribution in [0.3, 0.4) is 0 Å². The number of methoxy groups -OCH3 is 1. The molecular formula is C26H22O. The zero-order chi connectivity index (χ0) is 18.5. The van der Waals surface area contributed by atoms with Gasteiger partial charge in [0.1, 0.15) is 5.75 Å². The minimum Gasteiger partial charge on any atom is -0.497 e. The Balaban J connectivity index is 1.74. The molecule has 4 rings (SSSR count). The number of benzene rings is 4. The van der Waals surface area contributed by atoms with E-state index < -0.39 is 0 Å². The van der Waals surface area contributed by atoms with Gasteiger partial charge in [-0.3, -0.25) is 0 Å². The van der Waals surface area contributed by atoms with Gasteiger partial charge in [0, 0.05) is 5.92 Å². The van der Waals surface area contributed by atoms with Crippen LogP contribution in [0.15, 0.2) is 109 Å². The summed E-state index contributed by atoms with van der Waals surface area (Å²) in [6, 6.07) is 38.4. The minimum atomic E-state index is 0.196. The monoisotopic (exact) mass is 350 g/mol. The summed E-state index contributed by atoms with van der Waals surface area (Å²) in [7, 11) is 1.70. The number of ether oxygens (including phenoxy) is 1. The van der Waals surface area contributed by atoms with Gasteiger partial charge in [-0.15, -0.1) is 0 Å². The Morgan fingerprint density at radius 2 is 0.926 bits per heavy atom. The van der Waals surface area contributed by atoms with E-state index in [4.69, 9.17) is 4.74 Å². The molecule has 0 N–H and O–H groups in total. The van der Waals surface area contributed by atoms with Crippen molar-refractivity contribution in [2.75, 3.05) is 7.11 Å². The normalized spacial score (nSPS) is 11.7. The SMILES string of the molecule is COc1ccc([C@H](c2ccccc2)c2ccc(-c3ccccc3)cc2)cc1. The summed E-state index contributed by atoms with van der Waals surface area (Å²) >= 11 is 0. The van der Waals surface area contributed by atoms with Gasteiger partial charge in [0.25, 0.3) is 0 Å². The summed E-state index contributed by atoms with van der Waals surface area (Å²) in [6.07, 6.45) is 0. The van der Waals surface area contributed by atoms with Gasteiger partial charge in [-0.1, -0.05) is 97.1 Å². The Labute approximate surface area is 160 Å². The highest BCUT2D eigenvalue weighted by Gasteiger charge is 2.16. The van der Waals surface area contributed by atoms with Gasteiger partial charge in [-0.25, -0.2) is 0 Å². The first-order valence-corrected chi connectivity index (χ1v) is 9.19. The van der Waals surface area contributed by atoms with E-state index in [2.05, 4.69) is 91.0 Å². The highest BCUT2D eigenvalue weighted by Crippen LogP contribution is 2.33. The maximum atomic E-state index is 5.33. The second-order valence-electron chi connectivity index (χ2n) is 6.60. The van der Waals surface area contributed by atoms with Crippen LogP contribution in [0.1, 0.15) is 22.6 Å². The quantitative estimate of drug-likeness (QED) is 0.371. The van der Waals surface area contributed by atoms with E-state index in [1.165, 1.54) is 27.8 Å². The van der Waals surface area contributed by atoms with Crippen molar-refractivity contribution in [3.8, 4) is 16.9 Å². The van der Waals surface area contributed by atoms with E-state index in [-0.39, 0.29) is 5.92 Å². The van der Waals surface area contributed by atoms with Crippen LogP contribution in [-0.4, -0.2) is 7.11 Å². The Kier molecular flexibility index (Phi) is 5.02. The molecule has 1 heteroatoms. The molecule has 1 nitrogen and oxygen atoms in total. The molecule has 0 fully saturated rings. The lowest BCUT2D eigenvalue weighted by Crippen LogP contribution is -2.03. The molecule has 4 aromatic rings. The predicted molar refractivity (Wildman–Crippen MR) is 112 cm³/mol. The molecule has 0 unspecified atom stereocenters. The average molecular weight is 350 g/mol. The molecule has 4 aromatic carbocycles. The molecule has 0 aromatic heterocycles. The third-order valence-electron chi connectivity index (χ3n) is 4.93.